The van der Waals surface area contributed by atoms with Crippen molar-refractivity contribution in [3.8, 4) is 11.1 Å². The highest BCUT2D eigenvalue weighted by molar-refractivity contribution is 7.91. The average Bonchev–Trinajstić information content (AvgIpc) is 3.16. The van der Waals surface area contributed by atoms with Crippen molar-refractivity contribution in [1.82, 2.24) is 10.2 Å². The average molecular weight is 533 g/mol. The van der Waals surface area contributed by atoms with Gasteiger partial charge in [0.25, 0.3) is 0 Å². The van der Waals surface area contributed by atoms with Gasteiger partial charge in [0.1, 0.15) is 16.9 Å². The normalized spacial score (nSPS) is 21.0. The molecule has 10 heteroatoms. The quantitative estimate of drug-likeness (QED) is 0.511. The summed E-state index contributed by atoms with van der Waals surface area (Å²) in [5.74, 6) is -1.51. The lowest BCUT2D eigenvalue weighted by Gasteiger charge is -2.35. The maximum atomic E-state index is 12.9. The molecule has 8 nitrogen and oxygen atoms in total. The number of hydrogen-bond acceptors (Lipinski definition) is 6. The van der Waals surface area contributed by atoms with Gasteiger partial charge in [-0.2, -0.15) is 0 Å². The van der Waals surface area contributed by atoms with E-state index in [0.29, 0.717) is 5.56 Å². The van der Waals surface area contributed by atoms with E-state index in [1.54, 1.807) is 12.1 Å². The minimum Gasteiger partial charge on any atom is -0.395 e. The second-order valence-corrected chi connectivity index (χ2v) is 13.0. The topological polar surface area (TPSA) is 121 Å². The van der Waals surface area contributed by atoms with Gasteiger partial charge in [0.15, 0.2) is 9.84 Å². The van der Waals surface area contributed by atoms with Crippen LogP contribution in [-0.2, 0) is 36.0 Å². The van der Waals surface area contributed by atoms with Crippen LogP contribution in [0.3, 0.4) is 0 Å². The van der Waals surface area contributed by atoms with E-state index in [4.69, 9.17) is 5.11 Å². The zero-order valence-corrected chi connectivity index (χ0v) is 21.7. The minimum atomic E-state index is -3.65. The number of sulfone groups is 1. The van der Waals surface area contributed by atoms with Gasteiger partial charge in [-0.05, 0) is 41.2 Å². The van der Waals surface area contributed by atoms with Gasteiger partial charge in [-0.3, -0.25) is 13.8 Å². The van der Waals surface area contributed by atoms with Crippen LogP contribution in [-0.4, -0.2) is 65.1 Å². The van der Waals surface area contributed by atoms with E-state index in [2.05, 4.69) is 5.32 Å². The highest BCUT2D eigenvalue weighted by Crippen LogP contribution is 2.38. The molecular weight excluding hydrogens is 500 g/mol. The first-order valence-electron chi connectivity index (χ1n) is 12.2. The van der Waals surface area contributed by atoms with E-state index >= 15 is 0 Å². The smallest absolute Gasteiger partial charge is 0.236 e. The summed E-state index contributed by atoms with van der Waals surface area (Å²) < 4.78 is 37.7. The van der Waals surface area contributed by atoms with E-state index in [0.717, 1.165) is 42.4 Å². The third-order valence-corrected chi connectivity index (χ3v) is 9.66. The first-order valence-corrected chi connectivity index (χ1v) is 15.4. The molecule has 1 aliphatic carbocycles. The number of nitrogens with zero attached hydrogens (tertiary/aromatic N) is 1. The third-order valence-electron chi connectivity index (χ3n) is 6.65. The third kappa shape index (κ3) is 6.41. The van der Waals surface area contributed by atoms with Gasteiger partial charge in [0.2, 0.25) is 11.8 Å². The standard InChI is InChI=1S/C26H32N2O6S2/c29-14-13-27-24(30)18-36(33,34)17-19-9-11-20(12-10-19)21-5-4-6-22(15-21)26-28(25(31)16-35(26)32)23-7-2-1-3-8-23/h4-6,9-12,15,23,26,29H,1-3,7-8,13-14,16-18H2,(H,27,30). The summed E-state index contributed by atoms with van der Waals surface area (Å²) in [6.07, 6.45) is 5.25. The van der Waals surface area contributed by atoms with Gasteiger partial charge in [-0.25, -0.2) is 8.42 Å². The number of nitrogens with one attached hydrogen (secondary N) is 1. The van der Waals surface area contributed by atoms with Crippen LogP contribution in [0.15, 0.2) is 48.5 Å². The van der Waals surface area contributed by atoms with E-state index in [9.17, 15) is 22.2 Å². The van der Waals surface area contributed by atoms with Crippen LogP contribution in [0.1, 0.15) is 48.6 Å². The van der Waals surface area contributed by atoms with Crippen molar-refractivity contribution in [1.29, 1.82) is 0 Å². The maximum Gasteiger partial charge on any atom is 0.236 e. The molecule has 2 atom stereocenters. The fourth-order valence-corrected chi connectivity index (χ4v) is 7.86. The summed E-state index contributed by atoms with van der Waals surface area (Å²) in [5.41, 5.74) is 3.18. The zero-order chi connectivity index (χ0) is 25.7. The lowest BCUT2D eigenvalue weighted by atomic mass is 9.93. The molecule has 2 amide bonds. The van der Waals surface area contributed by atoms with Gasteiger partial charge in [0, 0.05) is 12.6 Å². The summed E-state index contributed by atoms with van der Waals surface area (Å²) in [6.45, 7) is -0.233. The van der Waals surface area contributed by atoms with Gasteiger partial charge < -0.3 is 15.3 Å². The largest absolute Gasteiger partial charge is 0.395 e. The molecule has 2 aliphatic rings. The molecule has 4 rings (SSSR count). The monoisotopic (exact) mass is 532 g/mol. The van der Waals surface area contributed by atoms with Crippen molar-refractivity contribution in [2.24, 2.45) is 0 Å². The second kappa shape index (κ2) is 11.7. The van der Waals surface area contributed by atoms with Crippen molar-refractivity contribution in [2.45, 2.75) is 49.3 Å². The van der Waals surface area contributed by atoms with Crippen LogP contribution in [0.5, 0.6) is 0 Å². The Kier molecular flexibility index (Phi) is 8.58. The Bertz CT molecular complexity index is 1220. The SMILES string of the molecule is O=C(CS(=O)(=O)Cc1ccc(-c2cccc(C3N(C4CCCCC4)C(=O)CS3=O)c2)cc1)NCCO. The molecular formula is C26H32N2O6S2. The molecule has 1 aliphatic heterocycles. The number of amides is 2. The predicted molar refractivity (Wildman–Crippen MR) is 139 cm³/mol. The molecule has 0 aromatic heterocycles. The van der Waals surface area contributed by atoms with Gasteiger partial charge >= 0.3 is 0 Å². The first kappa shape index (κ1) is 26.5. The maximum absolute atomic E-state index is 12.9. The van der Waals surface area contributed by atoms with E-state index in [1.165, 1.54) is 6.42 Å². The predicted octanol–water partition coefficient (Wildman–Crippen LogP) is 2.30. The van der Waals surface area contributed by atoms with Crippen molar-refractivity contribution in [3.63, 3.8) is 0 Å². The van der Waals surface area contributed by atoms with E-state index in [1.807, 2.05) is 41.3 Å². The van der Waals surface area contributed by atoms with Crippen LogP contribution in [0.25, 0.3) is 11.1 Å². The lowest BCUT2D eigenvalue weighted by Crippen LogP contribution is -2.40. The molecule has 1 saturated heterocycles. The number of carbonyl (C=O) groups is 2. The first-order chi connectivity index (χ1) is 17.3. The van der Waals surface area contributed by atoms with Crippen molar-refractivity contribution >= 4 is 32.5 Å². The molecule has 0 spiro atoms. The minimum absolute atomic E-state index is 0.0170. The lowest BCUT2D eigenvalue weighted by molar-refractivity contribution is -0.131. The van der Waals surface area contributed by atoms with Crippen LogP contribution in [0.4, 0.5) is 0 Å². The van der Waals surface area contributed by atoms with Crippen LogP contribution in [0.2, 0.25) is 0 Å². The van der Waals surface area contributed by atoms with Gasteiger partial charge in [0.05, 0.1) is 23.2 Å². The molecule has 0 radical (unpaired) electrons. The molecule has 2 fully saturated rings. The van der Waals surface area contributed by atoms with Crippen LogP contribution in [0, 0.1) is 0 Å². The molecule has 194 valence electrons. The molecule has 2 aromatic carbocycles. The number of benzene rings is 2. The Balaban J connectivity index is 1.49. The number of rotatable bonds is 9. The molecule has 2 unspecified atom stereocenters. The molecule has 1 saturated carbocycles. The molecule has 36 heavy (non-hydrogen) atoms. The van der Waals surface area contributed by atoms with Crippen molar-refractivity contribution < 1.29 is 27.3 Å². The summed E-state index contributed by atoms with van der Waals surface area (Å²) in [7, 11) is -4.95. The van der Waals surface area contributed by atoms with Crippen LogP contribution >= 0.6 is 0 Å². The van der Waals surface area contributed by atoms with Crippen LogP contribution < -0.4 is 5.32 Å². The van der Waals surface area contributed by atoms with E-state index < -0.39 is 37.7 Å². The van der Waals surface area contributed by atoms with Gasteiger partial charge in [-0.1, -0.05) is 61.7 Å². The number of hydrogen-bond donors (Lipinski definition) is 2. The molecule has 0 bridgehead atoms. The Morgan fingerprint density at radius 3 is 2.47 bits per heavy atom. The summed E-state index contributed by atoms with van der Waals surface area (Å²) in [6, 6.07) is 14.9. The fraction of sp³-hybridized carbons (Fsp3) is 0.462. The van der Waals surface area contributed by atoms with Gasteiger partial charge in [-0.15, -0.1) is 0 Å². The zero-order valence-electron chi connectivity index (χ0n) is 20.1. The number of carbonyl (C=O) groups excluding carboxylic acids is 2. The van der Waals surface area contributed by atoms with Crippen molar-refractivity contribution in [2.75, 3.05) is 24.7 Å². The Hall–Kier alpha value is -2.56. The summed E-state index contributed by atoms with van der Waals surface area (Å²) in [5, 5.41) is 10.7. The van der Waals surface area contributed by atoms with E-state index in [-0.39, 0.29) is 36.6 Å². The Labute approximate surface area is 214 Å². The molecule has 1 heterocycles. The number of aliphatic hydroxyl groups is 1. The van der Waals surface area contributed by atoms with Crippen molar-refractivity contribution in [3.05, 3.63) is 59.7 Å². The highest BCUT2D eigenvalue weighted by Gasteiger charge is 2.42. The molecule has 2 N–H and O–H groups in total. The second-order valence-electron chi connectivity index (χ2n) is 9.40. The Morgan fingerprint density at radius 1 is 1.06 bits per heavy atom. The summed E-state index contributed by atoms with van der Waals surface area (Å²) >= 11 is 0. The fourth-order valence-electron chi connectivity index (χ4n) is 5.02. The highest BCUT2D eigenvalue weighted by atomic mass is 32.2. The molecule has 2 aromatic rings. The Morgan fingerprint density at radius 2 is 1.78 bits per heavy atom. The summed E-state index contributed by atoms with van der Waals surface area (Å²) in [4.78, 5) is 26.3. The number of aliphatic hydroxyl groups excluding tert-OH is 1.